The highest BCUT2D eigenvalue weighted by atomic mass is 32.2. The van der Waals surface area contributed by atoms with Crippen LogP contribution in [0.5, 0.6) is 0 Å². The maximum atomic E-state index is 13.0. The van der Waals surface area contributed by atoms with Crippen LogP contribution in [0.1, 0.15) is 24.8 Å². The van der Waals surface area contributed by atoms with Gasteiger partial charge in [0, 0.05) is 36.7 Å². The first kappa shape index (κ1) is 26.1. The summed E-state index contributed by atoms with van der Waals surface area (Å²) in [6.07, 6.45) is 6.20. The fraction of sp³-hybridized carbons (Fsp3) is 0.259. The molecule has 0 saturated carbocycles. The van der Waals surface area contributed by atoms with Gasteiger partial charge in [-0.1, -0.05) is 42.4 Å². The molecule has 1 fully saturated rings. The Morgan fingerprint density at radius 1 is 1.00 bits per heavy atom. The second-order valence-corrected chi connectivity index (χ2v) is 11.9. The van der Waals surface area contributed by atoms with Gasteiger partial charge < -0.3 is 5.32 Å². The van der Waals surface area contributed by atoms with Crippen LogP contribution in [0.25, 0.3) is 17.1 Å². The number of hydrogen-bond acceptors (Lipinski definition) is 7. The number of carbonyl (C=O) groups is 1. The average molecular weight is 549 g/mol. The van der Waals surface area contributed by atoms with Crippen LogP contribution < -0.4 is 5.32 Å². The number of piperidine rings is 1. The number of pyridine rings is 1. The molecule has 11 heteroatoms. The minimum absolute atomic E-state index is 0.0696. The highest BCUT2D eigenvalue weighted by Gasteiger charge is 2.26. The Morgan fingerprint density at radius 3 is 2.58 bits per heavy atom. The molecule has 1 saturated heterocycles. The van der Waals surface area contributed by atoms with E-state index in [2.05, 4.69) is 20.5 Å². The van der Waals surface area contributed by atoms with Crippen molar-refractivity contribution in [1.29, 1.82) is 0 Å². The molecule has 0 spiro atoms. The van der Waals surface area contributed by atoms with E-state index in [-0.39, 0.29) is 16.6 Å². The van der Waals surface area contributed by atoms with E-state index in [0.717, 1.165) is 36.1 Å². The molecule has 0 radical (unpaired) electrons. The van der Waals surface area contributed by atoms with Gasteiger partial charge in [-0.25, -0.2) is 8.42 Å². The van der Waals surface area contributed by atoms with Crippen molar-refractivity contribution in [2.45, 2.75) is 36.2 Å². The quantitative estimate of drug-likeness (QED) is 0.322. The first-order chi connectivity index (χ1) is 18.4. The van der Waals surface area contributed by atoms with Gasteiger partial charge in [0.15, 0.2) is 11.0 Å². The van der Waals surface area contributed by atoms with Crippen LogP contribution in [0, 0.1) is 6.92 Å². The van der Waals surface area contributed by atoms with Crippen LogP contribution in [0.2, 0.25) is 0 Å². The molecule has 0 atom stereocenters. The van der Waals surface area contributed by atoms with E-state index in [9.17, 15) is 13.2 Å². The molecule has 0 unspecified atom stereocenters. The number of nitrogens with zero attached hydrogens (tertiary/aromatic N) is 5. The summed E-state index contributed by atoms with van der Waals surface area (Å²) >= 11 is 1.26. The normalized spacial score (nSPS) is 14.3. The van der Waals surface area contributed by atoms with Crippen molar-refractivity contribution >= 4 is 33.4 Å². The highest BCUT2D eigenvalue weighted by molar-refractivity contribution is 7.99. The fourth-order valence-electron chi connectivity index (χ4n) is 4.39. The molecule has 1 aliphatic heterocycles. The third-order valence-corrected chi connectivity index (χ3v) is 9.14. The highest BCUT2D eigenvalue weighted by Crippen LogP contribution is 2.29. The van der Waals surface area contributed by atoms with E-state index in [1.54, 1.807) is 30.6 Å². The third-order valence-electron chi connectivity index (χ3n) is 6.31. The third kappa shape index (κ3) is 5.64. The number of amides is 1. The largest absolute Gasteiger partial charge is 0.325 e. The summed E-state index contributed by atoms with van der Waals surface area (Å²) in [4.78, 5) is 17.3. The SMILES string of the molecule is Cc1ccccc1-n1c(SCC(=O)Nc2cccc(S(=O)(=O)N3CCCCC3)c2)nnc1-c1cccnc1. The Kier molecular flexibility index (Phi) is 7.87. The number of aryl methyl sites for hydroxylation is 1. The van der Waals surface area contributed by atoms with Crippen molar-refractivity contribution in [3.8, 4) is 17.1 Å². The van der Waals surface area contributed by atoms with Crippen LogP contribution in [0.3, 0.4) is 0 Å². The predicted octanol–water partition coefficient (Wildman–Crippen LogP) is 4.54. The van der Waals surface area contributed by atoms with Crippen LogP contribution in [0.4, 0.5) is 5.69 Å². The molecule has 5 rings (SSSR count). The Labute approximate surface area is 226 Å². The topological polar surface area (TPSA) is 110 Å². The van der Waals surface area contributed by atoms with E-state index in [1.807, 2.05) is 47.9 Å². The maximum absolute atomic E-state index is 13.0. The lowest BCUT2D eigenvalue weighted by Gasteiger charge is -2.26. The van der Waals surface area contributed by atoms with Crippen LogP contribution >= 0.6 is 11.8 Å². The van der Waals surface area contributed by atoms with Gasteiger partial charge in [0.05, 0.1) is 16.3 Å². The average Bonchev–Trinajstić information content (AvgIpc) is 3.37. The van der Waals surface area contributed by atoms with E-state index in [0.29, 0.717) is 29.8 Å². The first-order valence-electron chi connectivity index (χ1n) is 12.4. The zero-order valence-corrected chi connectivity index (χ0v) is 22.6. The lowest BCUT2D eigenvalue weighted by Crippen LogP contribution is -2.35. The van der Waals surface area contributed by atoms with E-state index >= 15 is 0 Å². The smallest absolute Gasteiger partial charge is 0.243 e. The molecule has 9 nitrogen and oxygen atoms in total. The number of anilines is 1. The monoisotopic (exact) mass is 548 g/mol. The molecule has 0 aliphatic carbocycles. The Balaban J connectivity index is 1.33. The molecular weight excluding hydrogens is 520 g/mol. The minimum atomic E-state index is -3.59. The van der Waals surface area contributed by atoms with Gasteiger partial charge in [-0.3, -0.25) is 14.3 Å². The molecule has 4 aromatic rings. The first-order valence-corrected chi connectivity index (χ1v) is 14.8. The Bertz CT molecular complexity index is 1530. The standard InChI is InChI=1S/C27H28N6O3S2/c1-20-9-3-4-13-24(20)33-26(21-10-8-14-28-18-21)30-31-27(33)37-19-25(34)29-22-11-7-12-23(17-22)38(35,36)32-15-5-2-6-16-32/h3-4,7-14,17-18H,2,5-6,15-16,19H2,1H3,(H,29,34). The number of nitrogens with one attached hydrogen (secondary N) is 1. The van der Waals surface area contributed by atoms with Gasteiger partial charge in [0.2, 0.25) is 15.9 Å². The molecular formula is C27H28N6O3S2. The van der Waals surface area contributed by atoms with Crippen molar-refractivity contribution in [2.24, 2.45) is 0 Å². The van der Waals surface area contributed by atoms with Gasteiger partial charge in [-0.2, -0.15) is 4.31 Å². The van der Waals surface area contributed by atoms with Crippen molar-refractivity contribution in [2.75, 3.05) is 24.2 Å². The van der Waals surface area contributed by atoms with Crippen molar-refractivity contribution < 1.29 is 13.2 Å². The summed E-state index contributed by atoms with van der Waals surface area (Å²) < 4.78 is 29.5. The number of carbonyl (C=O) groups excluding carboxylic acids is 1. The van der Waals surface area contributed by atoms with Crippen LogP contribution in [-0.4, -0.2) is 57.2 Å². The molecule has 38 heavy (non-hydrogen) atoms. The zero-order chi connectivity index (χ0) is 26.5. The summed E-state index contributed by atoms with van der Waals surface area (Å²) in [6, 6.07) is 18.1. The second-order valence-electron chi connectivity index (χ2n) is 9.00. The van der Waals surface area contributed by atoms with Gasteiger partial charge in [-0.05, 0) is 61.7 Å². The molecule has 3 heterocycles. The van der Waals surface area contributed by atoms with Gasteiger partial charge in [-0.15, -0.1) is 10.2 Å². The van der Waals surface area contributed by atoms with E-state index in [1.165, 1.54) is 22.1 Å². The number of para-hydroxylation sites is 1. The fourth-order valence-corrected chi connectivity index (χ4v) is 6.70. The molecule has 0 bridgehead atoms. The van der Waals surface area contributed by atoms with Crippen LogP contribution in [-0.2, 0) is 14.8 Å². The Hall–Kier alpha value is -3.54. The molecule has 196 valence electrons. The molecule has 1 N–H and O–H groups in total. The molecule has 1 aliphatic rings. The van der Waals surface area contributed by atoms with Gasteiger partial charge in [0.1, 0.15) is 0 Å². The molecule has 1 amide bonds. The number of sulfonamides is 1. The minimum Gasteiger partial charge on any atom is -0.325 e. The number of thioether (sulfide) groups is 1. The maximum Gasteiger partial charge on any atom is 0.243 e. The number of aromatic nitrogens is 4. The summed E-state index contributed by atoms with van der Waals surface area (Å²) in [6.45, 7) is 3.06. The summed E-state index contributed by atoms with van der Waals surface area (Å²) in [5, 5.41) is 12.2. The molecule has 2 aromatic carbocycles. The summed E-state index contributed by atoms with van der Waals surface area (Å²) in [7, 11) is -3.59. The van der Waals surface area contributed by atoms with E-state index in [4.69, 9.17) is 0 Å². The second kappa shape index (κ2) is 11.5. The predicted molar refractivity (Wildman–Crippen MR) is 148 cm³/mol. The van der Waals surface area contributed by atoms with E-state index < -0.39 is 10.0 Å². The van der Waals surface area contributed by atoms with Crippen molar-refractivity contribution in [3.63, 3.8) is 0 Å². The number of rotatable bonds is 8. The van der Waals surface area contributed by atoms with Gasteiger partial charge >= 0.3 is 0 Å². The van der Waals surface area contributed by atoms with Gasteiger partial charge in [0.25, 0.3) is 0 Å². The van der Waals surface area contributed by atoms with Crippen molar-refractivity contribution in [3.05, 3.63) is 78.6 Å². The molecule has 2 aromatic heterocycles. The zero-order valence-electron chi connectivity index (χ0n) is 20.9. The van der Waals surface area contributed by atoms with Crippen LogP contribution in [0.15, 0.2) is 83.1 Å². The van der Waals surface area contributed by atoms with Crippen molar-refractivity contribution in [1.82, 2.24) is 24.1 Å². The lowest BCUT2D eigenvalue weighted by molar-refractivity contribution is -0.113. The summed E-state index contributed by atoms with van der Waals surface area (Å²) in [5.74, 6) is 0.427. The summed E-state index contributed by atoms with van der Waals surface area (Å²) in [5.41, 5.74) is 3.20. The Morgan fingerprint density at radius 2 is 1.82 bits per heavy atom. The number of benzene rings is 2. The number of hydrogen-bond donors (Lipinski definition) is 1. The lowest BCUT2D eigenvalue weighted by atomic mass is 10.2.